The molecule has 1 N–H and O–H groups in total. The molecule has 0 bridgehead atoms. The normalized spacial score (nSPS) is 14.8. The lowest BCUT2D eigenvalue weighted by atomic mass is 10.2. The largest absolute Gasteiger partial charge is 0.477 e. The van der Waals surface area contributed by atoms with Crippen LogP contribution in [-0.4, -0.2) is 42.0 Å². The number of benzene rings is 1. The Hall–Kier alpha value is -2.25. The summed E-state index contributed by atoms with van der Waals surface area (Å²) in [7, 11) is 0. The Kier molecular flexibility index (Phi) is 6.74. The lowest BCUT2D eigenvalue weighted by molar-refractivity contribution is -0.123. The first-order valence-corrected chi connectivity index (χ1v) is 9.71. The number of nitrogens with one attached hydrogen (secondary N) is 1. The molecule has 1 aromatic carbocycles. The molecule has 6 nitrogen and oxygen atoms in total. The highest BCUT2D eigenvalue weighted by atomic mass is 32.2. The lowest BCUT2D eigenvalue weighted by Crippen LogP contribution is -2.32. The smallest absolute Gasteiger partial charge is 0.258 e. The molecule has 1 aliphatic rings. The topological polar surface area (TPSA) is 71.8 Å². The molecule has 2 heterocycles. The number of ether oxygens (including phenoxy) is 1. The Morgan fingerprint density at radius 1 is 1.23 bits per heavy atom. The first-order chi connectivity index (χ1) is 12.7. The van der Waals surface area contributed by atoms with E-state index in [0.29, 0.717) is 18.8 Å². The third kappa shape index (κ3) is 5.64. The highest BCUT2D eigenvalue weighted by molar-refractivity contribution is 7.99. The van der Waals surface area contributed by atoms with Gasteiger partial charge in [-0.3, -0.25) is 14.5 Å². The van der Waals surface area contributed by atoms with E-state index in [9.17, 15) is 9.59 Å². The summed E-state index contributed by atoms with van der Waals surface area (Å²) in [6.45, 7) is 2.81. The summed E-state index contributed by atoms with van der Waals surface area (Å²) in [4.78, 5) is 26.2. The van der Waals surface area contributed by atoms with Gasteiger partial charge in [-0.2, -0.15) is 11.8 Å². The van der Waals surface area contributed by atoms with Crippen molar-refractivity contribution in [2.75, 3.05) is 31.2 Å². The first kappa shape index (κ1) is 18.5. The fraction of sp³-hybridized carbons (Fsp3) is 0.368. The molecule has 1 aromatic heterocycles. The quantitative estimate of drug-likeness (QED) is 0.798. The molecule has 7 heteroatoms. The summed E-state index contributed by atoms with van der Waals surface area (Å²) in [6, 6.07) is 11.0. The van der Waals surface area contributed by atoms with Crippen LogP contribution in [0.25, 0.3) is 0 Å². The van der Waals surface area contributed by atoms with Crippen molar-refractivity contribution in [3.05, 3.63) is 64.2 Å². The molecule has 0 unspecified atom stereocenters. The van der Waals surface area contributed by atoms with E-state index in [-0.39, 0.29) is 23.7 Å². The Labute approximate surface area is 156 Å². The first-order valence-electron chi connectivity index (χ1n) is 8.56. The molecule has 0 spiro atoms. The maximum Gasteiger partial charge on any atom is 0.258 e. The summed E-state index contributed by atoms with van der Waals surface area (Å²) in [6.07, 6.45) is 1.29. The van der Waals surface area contributed by atoms with Crippen molar-refractivity contribution in [1.29, 1.82) is 0 Å². The van der Waals surface area contributed by atoms with Crippen molar-refractivity contribution in [3.8, 4) is 5.75 Å². The maximum absolute atomic E-state index is 12.1. The van der Waals surface area contributed by atoms with Crippen molar-refractivity contribution >= 4 is 17.7 Å². The standard InChI is InChI=1S/C19H22N2O4S/c22-17-10-16(12-21-6-8-26-9-7-21)24-13-18(17)25-14-19(23)20-11-15-4-2-1-3-5-15/h1-5,10,13H,6-9,11-12,14H2,(H,20,23). The monoisotopic (exact) mass is 374 g/mol. The maximum atomic E-state index is 12.1. The zero-order valence-corrected chi connectivity index (χ0v) is 15.3. The van der Waals surface area contributed by atoms with Crippen molar-refractivity contribution < 1.29 is 13.9 Å². The number of hydrogen-bond acceptors (Lipinski definition) is 6. The van der Waals surface area contributed by atoms with Gasteiger partial charge in [0.05, 0.1) is 6.54 Å². The molecular weight excluding hydrogens is 352 g/mol. The summed E-state index contributed by atoms with van der Waals surface area (Å²) in [5, 5.41) is 2.75. The van der Waals surface area contributed by atoms with E-state index in [1.165, 1.54) is 12.3 Å². The molecule has 0 aliphatic carbocycles. The van der Waals surface area contributed by atoms with Crippen LogP contribution in [0.2, 0.25) is 0 Å². The van der Waals surface area contributed by atoms with E-state index in [0.717, 1.165) is 30.2 Å². The molecule has 1 saturated heterocycles. The van der Waals surface area contributed by atoms with Gasteiger partial charge < -0.3 is 14.5 Å². The molecule has 26 heavy (non-hydrogen) atoms. The summed E-state index contributed by atoms with van der Waals surface area (Å²) < 4.78 is 10.8. The van der Waals surface area contributed by atoms with Gasteiger partial charge in [-0.1, -0.05) is 30.3 Å². The Morgan fingerprint density at radius 2 is 2.00 bits per heavy atom. The van der Waals surface area contributed by atoms with Crippen LogP contribution in [0.3, 0.4) is 0 Å². The minimum atomic E-state index is -0.289. The number of amides is 1. The Balaban J connectivity index is 1.47. The van der Waals surface area contributed by atoms with Crippen molar-refractivity contribution in [3.63, 3.8) is 0 Å². The van der Waals surface area contributed by atoms with Crippen LogP contribution in [0, 0.1) is 0 Å². The number of hydrogen-bond donors (Lipinski definition) is 1. The van der Waals surface area contributed by atoms with Gasteiger partial charge in [0, 0.05) is 37.2 Å². The zero-order valence-electron chi connectivity index (χ0n) is 14.5. The summed E-state index contributed by atoms with van der Waals surface area (Å²) in [5.74, 6) is 2.58. The summed E-state index contributed by atoms with van der Waals surface area (Å²) in [5.41, 5.74) is 0.731. The molecule has 1 amide bonds. The second-order valence-electron chi connectivity index (χ2n) is 6.01. The molecule has 3 rings (SSSR count). The highest BCUT2D eigenvalue weighted by Crippen LogP contribution is 2.13. The number of nitrogens with zero attached hydrogens (tertiary/aromatic N) is 1. The van der Waals surface area contributed by atoms with E-state index < -0.39 is 0 Å². The van der Waals surface area contributed by atoms with Crippen molar-refractivity contribution in [1.82, 2.24) is 10.2 Å². The van der Waals surface area contributed by atoms with Crippen LogP contribution in [0.5, 0.6) is 5.75 Å². The fourth-order valence-corrected chi connectivity index (χ4v) is 3.58. The zero-order chi connectivity index (χ0) is 18.2. The van der Waals surface area contributed by atoms with Crippen molar-refractivity contribution in [2.24, 2.45) is 0 Å². The molecule has 0 atom stereocenters. The highest BCUT2D eigenvalue weighted by Gasteiger charge is 2.13. The van der Waals surface area contributed by atoms with Gasteiger partial charge in [0.15, 0.2) is 6.61 Å². The molecule has 138 valence electrons. The van der Waals surface area contributed by atoms with Gasteiger partial charge in [0.2, 0.25) is 11.2 Å². The van der Waals surface area contributed by atoms with Crippen molar-refractivity contribution in [2.45, 2.75) is 13.1 Å². The van der Waals surface area contributed by atoms with Crippen LogP contribution >= 0.6 is 11.8 Å². The Morgan fingerprint density at radius 3 is 2.73 bits per heavy atom. The average molecular weight is 374 g/mol. The van der Waals surface area contributed by atoms with E-state index in [1.54, 1.807) is 0 Å². The van der Waals surface area contributed by atoms with Gasteiger partial charge in [-0.15, -0.1) is 0 Å². The molecule has 2 aromatic rings. The third-order valence-electron chi connectivity index (χ3n) is 4.03. The van der Waals surface area contributed by atoms with Gasteiger partial charge in [0.1, 0.15) is 12.0 Å². The second-order valence-corrected chi connectivity index (χ2v) is 7.24. The second kappa shape index (κ2) is 9.45. The number of carbonyl (C=O) groups excluding carboxylic acids is 1. The molecule has 1 fully saturated rings. The van der Waals surface area contributed by atoms with Gasteiger partial charge in [-0.25, -0.2) is 0 Å². The predicted molar refractivity (Wildman–Crippen MR) is 101 cm³/mol. The average Bonchev–Trinajstić information content (AvgIpc) is 2.67. The van der Waals surface area contributed by atoms with Crippen LogP contribution in [0.1, 0.15) is 11.3 Å². The van der Waals surface area contributed by atoms with Gasteiger partial charge in [-0.05, 0) is 5.56 Å². The van der Waals surface area contributed by atoms with Crippen LogP contribution in [0.15, 0.2) is 51.9 Å². The van der Waals surface area contributed by atoms with Gasteiger partial charge in [0.25, 0.3) is 5.91 Å². The van der Waals surface area contributed by atoms with Gasteiger partial charge >= 0.3 is 0 Å². The third-order valence-corrected chi connectivity index (χ3v) is 4.97. The molecular formula is C19H22N2O4S. The van der Waals surface area contributed by atoms with Crippen LogP contribution < -0.4 is 15.5 Å². The molecule has 1 aliphatic heterocycles. The summed E-state index contributed by atoms with van der Waals surface area (Å²) >= 11 is 1.93. The number of carbonyl (C=O) groups is 1. The van der Waals surface area contributed by atoms with E-state index in [2.05, 4.69) is 10.2 Å². The number of thioether (sulfide) groups is 1. The SMILES string of the molecule is O=C(COc1coc(CN2CCSCC2)cc1=O)NCc1ccccc1. The minimum Gasteiger partial charge on any atom is -0.477 e. The predicted octanol–water partition coefficient (Wildman–Crippen LogP) is 1.88. The lowest BCUT2D eigenvalue weighted by Gasteiger charge is -2.25. The molecule has 0 radical (unpaired) electrons. The van der Waals surface area contributed by atoms with Crippen LogP contribution in [-0.2, 0) is 17.9 Å². The van der Waals surface area contributed by atoms with E-state index >= 15 is 0 Å². The number of rotatable bonds is 7. The van der Waals surface area contributed by atoms with Crippen LogP contribution in [0.4, 0.5) is 0 Å². The minimum absolute atomic E-state index is 0.0535. The molecule has 0 saturated carbocycles. The Bertz CT molecular complexity index is 773. The van der Waals surface area contributed by atoms with E-state index in [1.807, 2.05) is 42.1 Å². The fourth-order valence-electron chi connectivity index (χ4n) is 2.60. The van der Waals surface area contributed by atoms with E-state index in [4.69, 9.17) is 9.15 Å².